The van der Waals surface area contributed by atoms with Gasteiger partial charge in [-0.25, -0.2) is 0 Å². The minimum absolute atomic E-state index is 0.0713. The third-order valence-corrected chi connectivity index (χ3v) is 6.01. The van der Waals surface area contributed by atoms with E-state index in [0.717, 1.165) is 24.1 Å². The van der Waals surface area contributed by atoms with Crippen LogP contribution in [0, 0.1) is 0 Å². The van der Waals surface area contributed by atoms with Crippen LogP contribution in [0.3, 0.4) is 0 Å². The standard InChI is InChI=1S/C22H24N4O4/c1-29-16-8-3-2-5-13(16)17-18-14(6-4-7-15(18)27)23-20-19(17)21(28)25-22(24-20)26-9-11-30-12-10-26/h2-3,5,8,17H,4,6-7,9-12H2,1H3,(H2,23,24,25,28)/t17-/m1/s1. The molecule has 1 aliphatic carbocycles. The number of rotatable bonds is 3. The van der Waals surface area contributed by atoms with Gasteiger partial charge in [0, 0.05) is 36.3 Å². The van der Waals surface area contributed by atoms with Crippen LogP contribution in [0.15, 0.2) is 40.3 Å². The molecule has 30 heavy (non-hydrogen) atoms. The van der Waals surface area contributed by atoms with Crippen LogP contribution in [0.1, 0.15) is 36.3 Å². The molecule has 2 aliphatic heterocycles. The number of allylic oxidation sites excluding steroid dienone is 2. The lowest BCUT2D eigenvalue weighted by molar-refractivity contribution is -0.116. The molecule has 3 heterocycles. The van der Waals surface area contributed by atoms with E-state index in [0.29, 0.717) is 61.4 Å². The van der Waals surface area contributed by atoms with Crippen molar-refractivity contribution >= 4 is 17.5 Å². The molecule has 1 aromatic heterocycles. The number of nitrogens with zero attached hydrogens (tertiary/aromatic N) is 2. The van der Waals surface area contributed by atoms with Gasteiger partial charge in [-0.15, -0.1) is 0 Å². The van der Waals surface area contributed by atoms with Crippen molar-refractivity contribution in [2.75, 3.05) is 43.6 Å². The number of carbonyl (C=O) groups is 1. The van der Waals surface area contributed by atoms with E-state index in [1.807, 2.05) is 29.2 Å². The Morgan fingerprint density at radius 1 is 1.17 bits per heavy atom. The van der Waals surface area contributed by atoms with Crippen molar-refractivity contribution in [3.05, 3.63) is 57.0 Å². The Kier molecular flexibility index (Phi) is 4.78. The fraction of sp³-hybridized carbons (Fsp3) is 0.409. The summed E-state index contributed by atoms with van der Waals surface area (Å²) >= 11 is 0. The quantitative estimate of drug-likeness (QED) is 0.804. The number of anilines is 2. The lowest BCUT2D eigenvalue weighted by atomic mass is 9.76. The summed E-state index contributed by atoms with van der Waals surface area (Å²) in [6.45, 7) is 2.54. The molecule has 0 amide bonds. The van der Waals surface area contributed by atoms with Crippen LogP contribution < -0.4 is 20.5 Å². The molecule has 0 radical (unpaired) electrons. The predicted molar refractivity (Wildman–Crippen MR) is 112 cm³/mol. The van der Waals surface area contributed by atoms with Gasteiger partial charge in [0.05, 0.1) is 31.8 Å². The second-order valence-electron chi connectivity index (χ2n) is 7.72. The van der Waals surface area contributed by atoms with Crippen LogP contribution in [0.2, 0.25) is 0 Å². The predicted octanol–water partition coefficient (Wildman–Crippen LogP) is 2.18. The lowest BCUT2D eigenvalue weighted by Gasteiger charge is -2.34. The fourth-order valence-electron chi connectivity index (χ4n) is 4.59. The van der Waals surface area contributed by atoms with Gasteiger partial charge in [-0.2, -0.15) is 4.98 Å². The minimum atomic E-state index is -0.504. The molecule has 2 N–H and O–H groups in total. The molecule has 0 spiro atoms. The molecule has 3 aliphatic rings. The molecule has 156 valence electrons. The monoisotopic (exact) mass is 408 g/mol. The normalized spacial score (nSPS) is 21.0. The van der Waals surface area contributed by atoms with Crippen molar-refractivity contribution in [1.29, 1.82) is 0 Å². The number of Topliss-reactive ketones (excluding diaryl/α,β-unsaturated/α-hetero) is 1. The summed E-state index contributed by atoms with van der Waals surface area (Å²) in [4.78, 5) is 36.0. The number of benzene rings is 1. The number of para-hydroxylation sites is 1. The molecule has 1 atom stereocenters. The van der Waals surface area contributed by atoms with Crippen LogP contribution in [-0.4, -0.2) is 49.2 Å². The number of aromatic nitrogens is 2. The van der Waals surface area contributed by atoms with Crippen molar-refractivity contribution in [3.63, 3.8) is 0 Å². The zero-order chi connectivity index (χ0) is 20.7. The van der Waals surface area contributed by atoms with Crippen LogP contribution in [0.25, 0.3) is 0 Å². The van der Waals surface area contributed by atoms with Gasteiger partial charge in [-0.05, 0) is 18.9 Å². The highest BCUT2D eigenvalue weighted by atomic mass is 16.5. The second kappa shape index (κ2) is 7.60. The summed E-state index contributed by atoms with van der Waals surface area (Å²) < 4.78 is 11.0. The third kappa shape index (κ3) is 3.08. The molecule has 1 fully saturated rings. The number of hydrogen-bond acceptors (Lipinski definition) is 7. The smallest absolute Gasteiger partial charge is 0.258 e. The molecular formula is C22H24N4O4. The molecule has 0 saturated carbocycles. The van der Waals surface area contributed by atoms with Gasteiger partial charge in [-0.3, -0.25) is 14.6 Å². The summed E-state index contributed by atoms with van der Waals surface area (Å²) in [6.07, 6.45) is 2.03. The van der Waals surface area contributed by atoms with Gasteiger partial charge in [0.15, 0.2) is 5.78 Å². The first-order valence-corrected chi connectivity index (χ1v) is 10.3. The molecule has 5 rings (SSSR count). The first-order valence-electron chi connectivity index (χ1n) is 10.3. The Balaban J connectivity index is 1.70. The molecule has 1 saturated heterocycles. The van der Waals surface area contributed by atoms with Gasteiger partial charge < -0.3 is 19.7 Å². The van der Waals surface area contributed by atoms with E-state index in [1.165, 1.54) is 0 Å². The fourth-order valence-corrected chi connectivity index (χ4v) is 4.59. The van der Waals surface area contributed by atoms with Gasteiger partial charge in [0.25, 0.3) is 5.56 Å². The summed E-state index contributed by atoms with van der Waals surface area (Å²) in [7, 11) is 1.60. The van der Waals surface area contributed by atoms with E-state index >= 15 is 0 Å². The number of ether oxygens (including phenoxy) is 2. The second-order valence-corrected chi connectivity index (χ2v) is 7.72. The first kappa shape index (κ1) is 18.9. The highest BCUT2D eigenvalue weighted by Crippen LogP contribution is 2.45. The molecule has 0 unspecified atom stereocenters. The maximum Gasteiger partial charge on any atom is 0.258 e. The topological polar surface area (TPSA) is 96.5 Å². The van der Waals surface area contributed by atoms with E-state index in [4.69, 9.17) is 14.5 Å². The van der Waals surface area contributed by atoms with Crippen molar-refractivity contribution < 1.29 is 14.3 Å². The SMILES string of the molecule is COc1ccccc1[C@@H]1C2=C(CCCC2=O)Nc2nc(N3CCOCC3)[nH]c(=O)c21. The van der Waals surface area contributed by atoms with Crippen LogP contribution >= 0.6 is 0 Å². The Bertz CT molecular complexity index is 1080. The van der Waals surface area contributed by atoms with E-state index in [1.54, 1.807) is 7.11 Å². The van der Waals surface area contributed by atoms with Crippen molar-refractivity contribution in [2.24, 2.45) is 0 Å². The Labute approximate surface area is 173 Å². The van der Waals surface area contributed by atoms with Crippen LogP contribution in [0.5, 0.6) is 5.75 Å². The number of nitrogens with one attached hydrogen (secondary N) is 2. The van der Waals surface area contributed by atoms with E-state index in [-0.39, 0.29) is 11.3 Å². The molecule has 2 aromatic rings. The van der Waals surface area contributed by atoms with Crippen molar-refractivity contribution in [3.8, 4) is 5.75 Å². The summed E-state index contributed by atoms with van der Waals surface area (Å²) in [5.74, 6) is 1.26. The minimum Gasteiger partial charge on any atom is -0.496 e. The average molecular weight is 408 g/mol. The van der Waals surface area contributed by atoms with E-state index in [2.05, 4.69) is 10.3 Å². The summed E-state index contributed by atoms with van der Waals surface area (Å²) in [5.41, 5.74) is 2.54. The first-order chi connectivity index (χ1) is 14.7. The molecule has 1 aromatic carbocycles. The highest BCUT2D eigenvalue weighted by molar-refractivity contribution is 6.01. The number of aromatic amines is 1. The van der Waals surface area contributed by atoms with Gasteiger partial charge >= 0.3 is 0 Å². The third-order valence-electron chi connectivity index (χ3n) is 6.01. The van der Waals surface area contributed by atoms with E-state index in [9.17, 15) is 9.59 Å². The number of methoxy groups -OCH3 is 1. The largest absolute Gasteiger partial charge is 0.496 e. The Morgan fingerprint density at radius 2 is 1.97 bits per heavy atom. The molecular weight excluding hydrogens is 384 g/mol. The lowest BCUT2D eigenvalue weighted by Crippen LogP contribution is -2.40. The summed E-state index contributed by atoms with van der Waals surface area (Å²) in [5, 5.41) is 3.32. The number of fused-ring (bicyclic) bond motifs is 1. The number of hydrogen-bond donors (Lipinski definition) is 2. The van der Waals surface area contributed by atoms with Gasteiger partial charge in [-0.1, -0.05) is 18.2 Å². The Morgan fingerprint density at radius 3 is 2.77 bits per heavy atom. The zero-order valence-corrected chi connectivity index (χ0v) is 16.9. The molecule has 8 nitrogen and oxygen atoms in total. The zero-order valence-electron chi connectivity index (χ0n) is 16.9. The van der Waals surface area contributed by atoms with Crippen molar-refractivity contribution in [2.45, 2.75) is 25.2 Å². The number of carbonyl (C=O) groups excluding carboxylic acids is 1. The number of ketones is 1. The van der Waals surface area contributed by atoms with Gasteiger partial charge in [0.1, 0.15) is 11.6 Å². The summed E-state index contributed by atoms with van der Waals surface area (Å²) in [6, 6.07) is 7.55. The van der Waals surface area contributed by atoms with E-state index < -0.39 is 5.92 Å². The number of H-pyrrole nitrogens is 1. The Hall–Kier alpha value is -3.13. The molecule has 0 bridgehead atoms. The highest BCUT2D eigenvalue weighted by Gasteiger charge is 2.39. The van der Waals surface area contributed by atoms with Crippen LogP contribution in [0.4, 0.5) is 11.8 Å². The van der Waals surface area contributed by atoms with Gasteiger partial charge in [0.2, 0.25) is 5.95 Å². The maximum atomic E-state index is 13.3. The molecule has 8 heteroatoms. The van der Waals surface area contributed by atoms with Crippen molar-refractivity contribution in [1.82, 2.24) is 9.97 Å². The maximum absolute atomic E-state index is 13.3. The average Bonchev–Trinajstić information content (AvgIpc) is 2.78. The van der Waals surface area contributed by atoms with Crippen LogP contribution in [-0.2, 0) is 9.53 Å². The number of morpholine rings is 1.